The molecule has 2 rings (SSSR count). The van der Waals surface area contributed by atoms with Gasteiger partial charge in [0, 0.05) is 6.61 Å². The summed E-state index contributed by atoms with van der Waals surface area (Å²) in [5.41, 5.74) is -0.349. The number of aliphatic hydroxyl groups excluding tert-OH is 1. The molecule has 2 fully saturated rings. The van der Waals surface area contributed by atoms with Crippen LogP contribution < -0.4 is 5.32 Å². The molecular weight excluding hydrogens is 218 g/mol. The van der Waals surface area contributed by atoms with Crippen LogP contribution in [0.4, 0.5) is 0 Å². The number of aliphatic hydroxyl groups is 1. The lowest BCUT2D eigenvalue weighted by molar-refractivity contribution is -0.129. The Labute approximate surface area is 103 Å². The Kier molecular flexibility index (Phi) is 4.05. The van der Waals surface area contributed by atoms with Gasteiger partial charge in [-0.15, -0.1) is 0 Å². The number of nitrogens with one attached hydrogen (secondary N) is 1. The van der Waals surface area contributed by atoms with Gasteiger partial charge < -0.3 is 15.2 Å². The van der Waals surface area contributed by atoms with Crippen molar-refractivity contribution in [2.24, 2.45) is 5.92 Å². The van der Waals surface area contributed by atoms with Crippen LogP contribution in [-0.2, 0) is 9.53 Å². The highest BCUT2D eigenvalue weighted by Gasteiger charge is 2.39. The Morgan fingerprint density at radius 3 is 2.76 bits per heavy atom. The molecule has 1 amide bonds. The summed E-state index contributed by atoms with van der Waals surface area (Å²) in [6.45, 7) is 2.79. The molecule has 0 spiro atoms. The zero-order valence-electron chi connectivity index (χ0n) is 10.6. The standard InChI is InChI=1S/C13H23NO3/c1-2-11-10(5-8-17-11)12(16)14-13(9-15)6-3-4-7-13/h10-11,15H,2-9H2,1H3,(H,14,16). The van der Waals surface area contributed by atoms with E-state index in [9.17, 15) is 9.90 Å². The maximum Gasteiger partial charge on any atom is 0.226 e. The predicted molar refractivity (Wildman–Crippen MR) is 64.6 cm³/mol. The van der Waals surface area contributed by atoms with Crippen LogP contribution in [0.5, 0.6) is 0 Å². The average Bonchev–Trinajstić information content (AvgIpc) is 2.97. The summed E-state index contributed by atoms with van der Waals surface area (Å²) in [7, 11) is 0. The molecule has 2 unspecified atom stereocenters. The van der Waals surface area contributed by atoms with E-state index in [2.05, 4.69) is 5.32 Å². The van der Waals surface area contributed by atoms with Crippen molar-refractivity contribution in [2.45, 2.75) is 57.1 Å². The smallest absolute Gasteiger partial charge is 0.226 e. The molecule has 2 aliphatic rings. The van der Waals surface area contributed by atoms with Crippen molar-refractivity contribution in [2.75, 3.05) is 13.2 Å². The first-order valence-electron chi connectivity index (χ1n) is 6.75. The van der Waals surface area contributed by atoms with Crippen LogP contribution in [-0.4, -0.2) is 35.9 Å². The SMILES string of the molecule is CCC1OCCC1C(=O)NC1(CO)CCCC1. The quantitative estimate of drug-likeness (QED) is 0.778. The van der Waals surface area contributed by atoms with Crippen molar-refractivity contribution in [3.8, 4) is 0 Å². The monoisotopic (exact) mass is 241 g/mol. The van der Waals surface area contributed by atoms with Gasteiger partial charge in [-0.1, -0.05) is 19.8 Å². The Balaban J connectivity index is 1.95. The second-order valence-corrected chi connectivity index (χ2v) is 5.35. The largest absolute Gasteiger partial charge is 0.394 e. The van der Waals surface area contributed by atoms with Crippen molar-refractivity contribution in [1.82, 2.24) is 5.32 Å². The third-order valence-corrected chi connectivity index (χ3v) is 4.20. The molecule has 1 aliphatic heterocycles. The number of hydrogen-bond acceptors (Lipinski definition) is 3. The molecule has 0 aromatic heterocycles. The highest BCUT2D eigenvalue weighted by atomic mass is 16.5. The van der Waals surface area contributed by atoms with Gasteiger partial charge in [-0.05, 0) is 25.7 Å². The summed E-state index contributed by atoms with van der Waals surface area (Å²) in [4.78, 5) is 12.2. The minimum atomic E-state index is -0.349. The summed E-state index contributed by atoms with van der Waals surface area (Å²) in [6, 6.07) is 0. The molecule has 98 valence electrons. The maximum atomic E-state index is 12.2. The van der Waals surface area contributed by atoms with E-state index in [-0.39, 0.29) is 30.1 Å². The van der Waals surface area contributed by atoms with Crippen molar-refractivity contribution < 1.29 is 14.6 Å². The van der Waals surface area contributed by atoms with Gasteiger partial charge in [0.1, 0.15) is 0 Å². The molecule has 17 heavy (non-hydrogen) atoms. The molecule has 1 saturated carbocycles. The number of rotatable bonds is 4. The van der Waals surface area contributed by atoms with Gasteiger partial charge in [-0.3, -0.25) is 4.79 Å². The third kappa shape index (κ3) is 2.63. The van der Waals surface area contributed by atoms with E-state index in [0.717, 1.165) is 38.5 Å². The fraction of sp³-hybridized carbons (Fsp3) is 0.923. The Morgan fingerprint density at radius 2 is 2.18 bits per heavy atom. The molecule has 1 aliphatic carbocycles. The fourth-order valence-corrected chi connectivity index (χ4v) is 3.08. The van der Waals surface area contributed by atoms with E-state index in [1.54, 1.807) is 0 Å². The summed E-state index contributed by atoms with van der Waals surface area (Å²) < 4.78 is 5.54. The molecule has 1 heterocycles. The van der Waals surface area contributed by atoms with Crippen LogP contribution in [0.3, 0.4) is 0 Å². The molecule has 1 saturated heterocycles. The molecule has 0 aromatic carbocycles. The van der Waals surface area contributed by atoms with E-state index in [1.165, 1.54) is 0 Å². The number of carbonyl (C=O) groups is 1. The van der Waals surface area contributed by atoms with Gasteiger partial charge in [0.25, 0.3) is 0 Å². The van der Waals surface area contributed by atoms with Crippen molar-refractivity contribution in [3.63, 3.8) is 0 Å². The topological polar surface area (TPSA) is 58.6 Å². The zero-order chi connectivity index (χ0) is 12.3. The number of carbonyl (C=O) groups excluding carboxylic acids is 1. The second-order valence-electron chi connectivity index (χ2n) is 5.35. The third-order valence-electron chi connectivity index (χ3n) is 4.20. The fourth-order valence-electron chi connectivity index (χ4n) is 3.08. The molecule has 0 aromatic rings. The number of amides is 1. The predicted octanol–water partition coefficient (Wildman–Crippen LogP) is 1.22. The van der Waals surface area contributed by atoms with E-state index in [1.807, 2.05) is 6.92 Å². The van der Waals surface area contributed by atoms with E-state index in [0.29, 0.717) is 6.61 Å². The van der Waals surface area contributed by atoms with Crippen LogP contribution in [0.2, 0.25) is 0 Å². The van der Waals surface area contributed by atoms with Crippen LogP contribution >= 0.6 is 0 Å². The van der Waals surface area contributed by atoms with Gasteiger partial charge in [0.2, 0.25) is 5.91 Å². The molecule has 4 heteroatoms. The molecular formula is C13H23NO3. The van der Waals surface area contributed by atoms with Crippen LogP contribution in [0, 0.1) is 5.92 Å². The van der Waals surface area contributed by atoms with Gasteiger partial charge in [-0.25, -0.2) is 0 Å². The normalized spacial score (nSPS) is 31.6. The van der Waals surface area contributed by atoms with Gasteiger partial charge in [0.15, 0.2) is 0 Å². The molecule has 0 radical (unpaired) electrons. The van der Waals surface area contributed by atoms with Crippen LogP contribution in [0.25, 0.3) is 0 Å². The van der Waals surface area contributed by atoms with Gasteiger partial charge in [-0.2, -0.15) is 0 Å². The van der Waals surface area contributed by atoms with Crippen LogP contribution in [0.1, 0.15) is 45.4 Å². The van der Waals surface area contributed by atoms with Crippen molar-refractivity contribution in [3.05, 3.63) is 0 Å². The van der Waals surface area contributed by atoms with Crippen molar-refractivity contribution in [1.29, 1.82) is 0 Å². The maximum absolute atomic E-state index is 12.2. The average molecular weight is 241 g/mol. The summed E-state index contributed by atoms with van der Waals surface area (Å²) in [5.74, 6) is 0.0503. The van der Waals surface area contributed by atoms with Crippen molar-refractivity contribution >= 4 is 5.91 Å². The second kappa shape index (κ2) is 5.36. The molecule has 4 nitrogen and oxygen atoms in total. The Morgan fingerprint density at radius 1 is 1.47 bits per heavy atom. The van der Waals surface area contributed by atoms with E-state index < -0.39 is 0 Å². The Hall–Kier alpha value is -0.610. The van der Waals surface area contributed by atoms with Crippen LogP contribution in [0.15, 0.2) is 0 Å². The zero-order valence-corrected chi connectivity index (χ0v) is 10.6. The summed E-state index contributed by atoms with van der Waals surface area (Å²) >= 11 is 0. The lowest BCUT2D eigenvalue weighted by Crippen LogP contribution is -2.52. The number of hydrogen-bond donors (Lipinski definition) is 2. The van der Waals surface area contributed by atoms with E-state index >= 15 is 0 Å². The highest BCUT2D eigenvalue weighted by molar-refractivity contribution is 5.80. The van der Waals surface area contributed by atoms with Gasteiger partial charge >= 0.3 is 0 Å². The highest BCUT2D eigenvalue weighted by Crippen LogP contribution is 2.31. The lowest BCUT2D eigenvalue weighted by atomic mass is 9.94. The first-order valence-corrected chi connectivity index (χ1v) is 6.75. The summed E-state index contributed by atoms with van der Waals surface area (Å²) in [6.07, 6.45) is 5.75. The lowest BCUT2D eigenvalue weighted by Gasteiger charge is -2.30. The first-order chi connectivity index (χ1) is 8.21. The Bertz CT molecular complexity index is 274. The molecule has 2 atom stereocenters. The molecule has 0 bridgehead atoms. The first kappa shape index (κ1) is 12.8. The minimum absolute atomic E-state index is 0.0241. The van der Waals surface area contributed by atoms with Gasteiger partial charge in [0.05, 0.1) is 24.2 Å². The summed E-state index contributed by atoms with van der Waals surface area (Å²) in [5, 5.41) is 12.6. The number of ether oxygens (including phenoxy) is 1. The van der Waals surface area contributed by atoms with E-state index in [4.69, 9.17) is 4.74 Å². The molecule has 2 N–H and O–H groups in total. The minimum Gasteiger partial charge on any atom is -0.394 e.